The van der Waals surface area contributed by atoms with E-state index in [1.165, 1.54) is 6.07 Å². The summed E-state index contributed by atoms with van der Waals surface area (Å²) in [6, 6.07) is 10.2. The second-order valence-electron chi connectivity index (χ2n) is 7.25. The summed E-state index contributed by atoms with van der Waals surface area (Å²) in [5.41, 5.74) is -0.676. The van der Waals surface area contributed by atoms with Gasteiger partial charge in [-0.1, -0.05) is 45.0 Å². The lowest BCUT2D eigenvalue weighted by Gasteiger charge is -2.24. The van der Waals surface area contributed by atoms with Crippen molar-refractivity contribution in [3.05, 3.63) is 59.2 Å². The van der Waals surface area contributed by atoms with Gasteiger partial charge in [-0.05, 0) is 34.7 Å². The van der Waals surface area contributed by atoms with Crippen LogP contribution in [-0.4, -0.2) is 17.4 Å². The molecular weight excluding hydrogens is 347 g/mol. The minimum Gasteiger partial charge on any atom is -0.406 e. The Morgan fingerprint density at radius 1 is 1.04 bits per heavy atom. The monoisotopic (exact) mass is 365 g/mol. The lowest BCUT2D eigenvalue weighted by molar-refractivity contribution is -0.274. The van der Waals surface area contributed by atoms with E-state index in [4.69, 9.17) is 0 Å². The molecule has 0 unspecified atom stereocenters. The molecule has 7 heteroatoms. The van der Waals surface area contributed by atoms with Crippen molar-refractivity contribution >= 4 is 11.6 Å². The number of carbonyl (C=O) groups is 1. The number of anilines is 1. The number of nitrogens with one attached hydrogen (secondary N) is 1. The largest absolute Gasteiger partial charge is 0.573 e. The number of aliphatic hydroxyl groups is 1. The number of fused-ring (bicyclic) bond motifs is 1. The number of carbonyl (C=O) groups excluding carboxylic acids is 1. The average molecular weight is 365 g/mol. The van der Waals surface area contributed by atoms with E-state index < -0.39 is 23.6 Å². The summed E-state index contributed by atoms with van der Waals surface area (Å²) < 4.78 is 41.3. The predicted octanol–water partition coefficient (Wildman–Crippen LogP) is 4.07. The van der Waals surface area contributed by atoms with Crippen LogP contribution in [0.5, 0.6) is 5.75 Å². The molecule has 0 bridgehead atoms. The lowest BCUT2D eigenvalue weighted by atomic mass is 9.83. The number of hydrogen-bond donors (Lipinski definition) is 2. The maximum atomic E-state index is 12.5. The van der Waals surface area contributed by atoms with E-state index in [0.29, 0.717) is 0 Å². The van der Waals surface area contributed by atoms with Gasteiger partial charge in [0, 0.05) is 11.3 Å². The minimum absolute atomic E-state index is 0.0211. The molecule has 2 aromatic carbocycles. The van der Waals surface area contributed by atoms with Crippen LogP contribution in [0.25, 0.3) is 0 Å². The third-order valence-corrected chi connectivity index (χ3v) is 4.36. The number of alkyl halides is 3. The third kappa shape index (κ3) is 3.14. The van der Waals surface area contributed by atoms with Crippen molar-refractivity contribution < 1.29 is 27.8 Å². The van der Waals surface area contributed by atoms with Gasteiger partial charge in [0.05, 0.1) is 0 Å². The molecule has 1 aliphatic rings. The van der Waals surface area contributed by atoms with Crippen LogP contribution in [0.2, 0.25) is 0 Å². The first kappa shape index (κ1) is 18.3. The van der Waals surface area contributed by atoms with Gasteiger partial charge in [0.25, 0.3) is 5.91 Å². The van der Waals surface area contributed by atoms with Gasteiger partial charge in [0.15, 0.2) is 5.60 Å². The molecule has 0 fully saturated rings. The van der Waals surface area contributed by atoms with Crippen LogP contribution < -0.4 is 10.1 Å². The summed E-state index contributed by atoms with van der Waals surface area (Å²) in [6.07, 6.45) is -4.86. The maximum absolute atomic E-state index is 12.5. The van der Waals surface area contributed by atoms with Crippen molar-refractivity contribution in [1.29, 1.82) is 0 Å². The van der Waals surface area contributed by atoms with E-state index in [1.807, 2.05) is 20.8 Å². The molecule has 0 radical (unpaired) electrons. The number of ether oxygens (including phenoxy) is 1. The van der Waals surface area contributed by atoms with Gasteiger partial charge < -0.3 is 15.2 Å². The topological polar surface area (TPSA) is 58.6 Å². The number of halogens is 3. The number of benzene rings is 2. The maximum Gasteiger partial charge on any atom is 0.573 e. The Morgan fingerprint density at radius 2 is 1.65 bits per heavy atom. The highest BCUT2D eigenvalue weighted by atomic mass is 19.4. The summed E-state index contributed by atoms with van der Waals surface area (Å²) >= 11 is 0. The Hall–Kier alpha value is -2.54. The number of hydrogen-bond acceptors (Lipinski definition) is 3. The molecular formula is C19H18F3NO3. The second kappa shape index (κ2) is 5.74. The van der Waals surface area contributed by atoms with E-state index in [2.05, 4.69) is 10.1 Å². The van der Waals surface area contributed by atoms with Crippen LogP contribution in [0.3, 0.4) is 0 Å². The SMILES string of the molecule is CC(C)(C)c1ccc([C@]2(O)C(=O)Nc3ccc(OC(F)(F)F)cc32)cc1. The van der Waals surface area contributed by atoms with Crippen molar-refractivity contribution in [3.63, 3.8) is 0 Å². The van der Waals surface area contributed by atoms with E-state index in [1.54, 1.807) is 24.3 Å². The summed E-state index contributed by atoms with van der Waals surface area (Å²) in [6.45, 7) is 6.07. The van der Waals surface area contributed by atoms with Crippen LogP contribution >= 0.6 is 0 Å². The molecule has 1 heterocycles. The molecule has 3 rings (SSSR count). The third-order valence-electron chi connectivity index (χ3n) is 4.36. The fourth-order valence-electron chi connectivity index (χ4n) is 2.96. The first-order chi connectivity index (χ1) is 11.9. The van der Waals surface area contributed by atoms with E-state index in [-0.39, 0.29) is 22.2 Å². The molecule has 138 valence electrons. The fraction of sp³-hybridized carbons (Fsp3) is 0.316. The molecule has 26 heavy (non-hydrogen) atoms. The van der Waals surface area contributed by atoms with Crippen molar-refractivity contribution in [2.75, 3.05) is 5.32 Å². The van der Waals surface area contributed by atoms with Crippen molar-refractivity contribution in [2.45, 2.75) is 38.1 Å². The van der Waals surface area contributed by atoms with E-state index in [0.717, 1.165) is 17.7 Å². The normalized spacial score (nSPS) is 19.9. The molecule has 0 saturated carbocycles. The average Bonchev–Trinajstić information content (AvgIpc) is 2.77. The molecule has 2 N–H and O–H groups in total. The zero-order chi connectivity index (χ0) is 19.3. The number of rotatable bonds is 2. The van der Waals surface area contributed by atoms with Crippen molar-refractivity contribution in [1.82, 2.24) is 0 Å². The molecule has 1 amide bonds. The van der Waals surface area contributed by atoms with Crippen LogP contribution in [0, 0.1) is 0 Å². The van der Waals surface area contributed by atoms with Crippen LogP contribution in [0.4, 0.5) is 18.9 Å². The first-order valence-corrected chi connectivity index (χ1v) is 7.96. The Bertz CT molecular complexity index is 854. The van der Waals surface area contributed by atoms with Gasteiger partial charge in [-0.15, -0.1) is 13.2 Å². The van der Waals surface area contributed by atoms with Crippen molar-refractivity contribution in [3.8, 4) is 5.75 Å². The van der Waals surface area contributed by atoms with Gasteiger partial charge in [-0.3, -0.25) is 4.79 Å². The highest BCUT2D eigenvalue weighted by Crippen LogP contribution is 2.43. The predicted molar refractivity (Wildman–Crippen MR) is 89.9 cm³/mol. The van der Waals surface area contributed by atoms with Crippen LogP contribution in [0.1, 0.15) is 37.5 Å². The summed E-state index contributed by atoms with van der Waals surface area (Å²) in [5.74, 6) is -1.22. The molecule has 1 atom stereocenters. The Labute approximate surface area is 148 Å². The standard InChI is InChI=1S/C19H18F3NO3/c1-17(2,3)11-4-6-12(7-5-11)18(25)14-10-13(26-19(20,21)22)8-9-15(14)23-16(18)24/h4-10,25H,1-3H3,(H,23,24)/t18-/m1/s1. The second-order valence-corrected chi connectivity index (χ2v) is 7.25. The van der Waals surface area contributed by atoms with Crippen molar-refractivity contribution in [2.24, 2.45) is 0 Å². The van der Waals surface area contributed by atoms with Gasteiger partial charge in [-0.25, -0.2) is 0 Å². The quantitative estimate of drug-likeness (QED) is 0.843. The smallest absolute Gasteiger partial charge is 0.406 e. The molecule has 4 nitrogen and oxygen atoms in total. The molecule has 2 aromatic rings. The zero-order valence-electron chi connectivity index (χ0n) is 14.4. The van der Waals surface area contributed by atoms with Gasteiger partial charge >= 0.3 is 6.36 Å². The molecule has 0 aliphatic carbocycles. The molecule has 0 saturated heterocycles. The Balaban J connectivity index is 2.05. The fourth-order valence-corrected chi connectivity index (χ4v) is 2.96. The highest BCUT2D eigenvalue weighted by molar-refractivity contribution is 6.07. The zero-order valence-corrected chi connectivity index (χ0v) is 14.4. The van der Waals surface area contributed by atoms with E-state index >= 15 is 0 Å². The Kier molecular flexibility index (Phi) is 4.03. The van der Waals surface area contributed by atoms with E-state index in [9.17, 15) is 23.1 Å². The summed E-state index contributed by atoms with van der Waals surface area (Å²) in [4.78, 5) is 12.4. The molecule has 1 aliphatic heterocycles. The van der Waals surface area contributed by atoms with Gasteiger partial charge in [-0.2, -0.15) is 0 Å². The summed E-state index contributed by atoms with van der Waals surface area (Å²) in [5, 5.41) is 13.5. The van der Waals surface area contributed by atoms with Gasteiger partial charge in [0.1, 0.15) is 5.75 Å². The Morgan fingerprint density at radius 3 is 2.19 bits per heavy atom. The summed E-state index contributed by atoms with van der Waals surface area (Å²) in [7, 11) is 0. The lowest BCUT2D eigenvalue weighted by Crippen LogP contribution is -2.35. The molecule has 0 aromatic heterocycles. The van der Waals surface area contributed by atoms with Crippen LogP contribution in [0.15, 0.2) is 42.5 Å². The molecule has 0 spiro atoms. The number of amides is 1. The van der Waals surface area contributed by atoms with Crippen LogP contribution in [-0.2, 0) is 15.8 Å². The minimum atomic E-state index is -4.86. The van der Waals surface area contributed by atoms with Gasteiger partial charge in [0.2, 0.25) is 0 Å². The highest BCUT2D eigenvalue weighted by Gasteiger charge is 2.47. The first-order valence-electron chi connectivity index (χ1n) is 7.96.